The van der Waals surface area contributed by atoms with Crippen LogP contribution in [0.5, 0.6) is 0 Å². The Labute approximate surface area is 111 Å². The maximum atomic E-state index is 11.8. The van der Waals surface area contributed by atoms with Crippen molar-refractivity contribution in [1.29, 1.82) is 0 Å². The summed E-state index contributed by atoms with van der Waals surface area (Å²) in [4.78, 5) is 24.9. The SMILES string of the molecule is Cc1cc(C)c(/C=C2\SC(=O)N(C)C2=O)c(C)c1. The molecule has 1 fully saturated rings. The molecule has 0 unspecified atom stereocenters. The highest BCUT2D eigenvalue weighted by Gasteiger charge is 2.31. The van der Waals surface area contributed by atoms with E-state index in [1.54, 1.807) is 0 Å². The van der Waals surface area contributed by atoms with Gasteiger partial charge in [0.2, 0.25) is 0 Å². The summed E-state index contributed by atoms with van der Waals surface area (Å²) >= 11 is 0.997. The Morgan fingerprint density at radius 1 is 1.11 bits per heavy atom. The van der Waals surface area contributed by atoms with Crippen LogP contribution in [-0.2, 0) is 4.79 Å². The zero-order chi connectivity index (χ0) is 13.4. The molecule has 1 saturated heterocycles. The number of amides is 2. The molecule has 0 aromatic heterocycles. The molecule has 1 aliphatic heterocycles. The highest BCUT2D eigenvalue weighted by molar-refractivity contribution is 8.18. The normalized spacial score (nSPS) is 18.0. The second-order valence-electron chi connectivity index (χ2n) is 4.55. The fourth-order valence-corrected chi connectivity index (χ4v) is 2.90. The van der Waals surface area contributed by atoms with Gasteiger partial charge in [-0.3, -0.25) is 14.5 Å². The highest BCUT2D eigenvalue weighted by atomic mass is 32.2. The van der Waals surface area contributed by atoms with Crippen molar-refractivity contribution in [2.24, 2.45) is 0 Å². The molecule has 0 bridgehead atoms. The van der Waals surface area contributed by atoms with Crippen molar-refractivity contribution < 1.29 is 9.59 Å². The quantitative estimate of drug-likeness (QED) is 0.728. The van der Waals surface area contributed by atoms with Gasteiger partial charge in [-0.25, -0.2) is 0 Å². The third-order valence-electron chi connectivity index (χ3n) is 3.00. The molecule has 3 nitrogen and oxygen atoms in total. The maximum Gasteiger partial charge on any atom is 0.293 e. The largest absolute Gasteiger partial charge is 0.293 e. The number of nitrogens with zero attached hydrogens (tertiary/aromatic N) is 1. The number of benzene rings is 1. The minimum Gasteiger partial charge on any atom is -0.272 e. The molecule has 18 heavy (non-hydrogen) atoms. The van der Waals surface area contributed by atoms with Crippen LogP contribution in [0, 0.1) is 20.8 Å². The summed E-state index contributed by atoms with van der Waals surface area (Å²) in [7, 11) is 1.51. The van der Waals surface area contributed by atoms with E-state index in [0.29, 0.717) is 4.91 Å². The lowest BCUT2D eigenvalue weighted by molar-refractivity contribution is -0.121. The summed E-state index contributed by atoms with van der Waals surface area (Å²) < 4.78 is 0. The fourth-order valence-electron chi connectivity index (χ4n) is 2.10. The molecular formula is C14H15NO2S. The van der Waals surface area contributed by atoms with E-state index in [1.165, 1.54) is 12.6 Å². The lowest BCUT2D eigenvalue weighted by Crippen LogP contribution is -2.22. The van der Waals surface area contributed by atoms with Gasteiger partial charge in [-0.05, 0) is 55.3 Å². The second kappa shape index (κ2) is 4.61. The summed E-state index contributed by atoms with van der Waals surface area (Å²) in [5.41, 5.74) is 4.47. The van der Waals surface area contributed by atoms with Crippen LogP contribution in [0.2, 0.25) is 0 Å². The number of likely N-dealkylation sites (N-methyl/N-ethyl adjacent to an activating group) is 1. The van der Waals surface area contributed by atoms with Crippen molar-refractivity contribution in [3.05, 3.63) is 39.3 Å². The molecule has 2 rings (SSSR count). The molecule has 0 spiro atoms. The maximum absolute atomic E-state index is 11.8. The molecule has 0 radical (unpaired) electrons. The van der Waals surface area contributed by atoms with Crippen LogP contribution < -0.4 is 0 Å². The Morgan fingerprint density at radius 2 is 1.67 bits per heavy atom. The van der Waals surface area contributed by atoms with E-state index in [9.17, 15) is 9.59 Å². The van der Waals surface area contributed by atoms with Gasteiger partial charge in [0, 0.05) is 7.05 Å². The standard InChI is InChI=1S/C14H15NO2S/c1-8-5-9(2)11(10(3)6-8)7-12-13(16)15(4)14(17)18-12/h5-7H,1-4H3/b12-7-. The lowest BCUT2D eigenvalue weighted by atomic mass is 9.99. The predicted molar refractivity (Wildman–Crippen MR) is 74.4 cm³/mol. The first-order chi connectivity index (χ1) is 8.40. The predicted octanol–water partition coefficient (Wildman–Crippen LogP) is 3.28. The molecule has 1 aromatic carbocycles. The van der Waals surface area contributed by atoms with Crippen molar-refractivity contribution >= 4 is 29.0 Å². The number of rotatable bonds is 1. The zero-order valence-corrected chi connectivity index (χ0v) is 11.7. The molecule has 0 saturated carbocycles. The van der Waals surface area contributed by atoms with Crippen molar-refractivity contribution in [2.45, 2.75) is 20.8 Å². The molecule has 2 amide bonds. The third kappa shape index (κ3) is 2.20. The topological polar surface area (TPSA) is 37.4 Å². The number of thioether (sulfide) groups is 1. The zero-order valence-electron chi connectivity index (χ0n) is 10.9. The Hall–Kier alpha value is -1.55. The van der Waals surface area contributed by atoms with Gasteiger partial charge in [0.05, 0.1) is 4.91 Å². The first-order valence-corrected chi connectivity index (χ1v) is 6.51. The lowest BCUT2D eigenvalue weighted by Gasteiger charge is -2.08. The van der Waals surface area contributed by atoms with E-state index in [4.69, 9.17) is 0 Å². The molecule has 1 heterocycles. The van der Waals surface area contributed by atoms with Crippen molar-refractivity contribution in [3.8, 4) is 0 Å². The van der Waals surface area contributed by atoms with Crippen LogP contribution in [-0.4, -0.2) is 23.1 Å². The average Bonchev–Trinajstić information content (AvgIpc) is 2.51. The molecule has 94 valence electrons. The molecular weight excluding hydrogens is 246 g/mol. The van der Waals surface area contributed by atoms with Crippen LogP contribution in [0.4, 0.5) is 4.79 Å². The highest BCUT2D eigenvalue weighted by Crippen LogP contribution is 2.32. The van der Waals surface area contributed by atoms with Gasteiger partial charge in [-0.1, -0.05) is 17.7 Å². The van der Waals surface area contributed by atoms with Gasteiger partial charge in [-0.15, -0.1) is 0 Å². The van der Waals surface area contributed by atoms with Gasteiger partial charge < -0.3 is 0 Å². The first-order valence-electron chi connectivity index (χ1n) is 5.69. The van der Waals surface area contributed by atoms with Crippen LogP contribution >= 0.6 is 11.8 Å². The Kier molecular flexibility index (Phi) is 3.30. The average molecular weight is 261 g/mol. The number of carbonyl (C=O) groups excluding carboxylic acids is 2. The Bertz CT molecular complexity index is 552. The summed E-state index contributed by atoms with van der Waals surface area (Å²) in [6.45, 7) is 6.08. The van der Waals surface area contributed by atoms with E-state index in [0.717, 1.165) is 33.4 Å². The second-order valence-corrected chi connectivity index (χ2v) is 5.55. The summed E-state index contributed by atoms with van der Waals surface area (Å²) in [5, 5.41) is -0.214. The van der Waals surface area contributed by atoms with E-state index in [1.807, 2.05) is 26.8 Å². The molecule has 0 aliphatic carbocycles. The monoisotopic (exact) mass is 261 g/mol. The first kappa shape index (κ1) is 12.9. The van der Waals surface area contributed by atoms with Crippen LogP contribution in [0.1, 0.15) is 22.3 Å². The minimum absolute atomic E-state index is 0.214. The van der Waals surface area contributed by atoms with E-state index in [-0.39, 0.29) is 11.1 Å². The smallest absolute Gasteiger partial charge is 0.272 e. The van der Waals surface area contributed by atoms with E-state index in [2.05, 4.69) is 12.1 Å². The molecule has 1 aromatic rings. The summed E-state index contributed by atoms with van der Waals surface area (Å²) in [6.07, 6.45) is 1.82. The van der Waals surface area contributed by atoms with Gasteiger partial charge in [-0.2, -0.15) is 0 Å². The number of hydrogen-bond acceptors (Lipinski definition) is 3. The van der Waals surface area contributed by atoms with Crippen LogP contribution in [0.3, 0.4) is 0 Å². The molecule has 1 aliphatic rings. The van der Waals surface area contributed by atoms with Gasteiger partial charge in [0.25, 0.3) is 11.1 Å². The molecule has 0 atom stereocenters. The van der Waals surface area contributed by atoms with Crippen LogP contribution in [0.15, 0.2) is 17.0 Å². The number of carbonyl (C=O) groups is 2. The van der Waals surface area contributed by atoms with Crippen molar-refractivity contribution in [1.82, 2.24) is 4.90 Å². The number of hydrogen-bond donors (Lipinski definition) is 0. The summed E-state index contributed by atoms with van der Waals surface area (Å²) in [5.74, 6) is -0.218. The van der Waals surface area contributed by atoms with Crippen molar-refractivity contribution in [2.75, 3.05) is 7.05 Å². The Morgan fingerprint density at radius 3 is 2.11 bits per heavy atom. The van der Waals surface area contributed by atoms with E-state index >= 15 is 0 Å². The van der Waals surface area contributed by atoms with Crippen LogP contribution in [0.25, 0.3) is 6.08 Å². The third-order valence-corrected chi connectivity index (χ3v) is 3.96. The van der Waals surface area contributed by atoms with E-state index < -0.39 is 0 Å². The number of imide groups is 1. The van der Waals surface area contributed by atoms with Crippen molar-refractivity contribution in [3.63, 3.8) is 0 Å². The molecule has 0 N–H and O–H groups in total. The minimum atomic E-state index is -0.218. The number of aryl methyl sites for hydroxylation is 3. The summed E-state index contributed by atoms with van der Waals surface area (Å²) in [6, 6.07) is 4.16. The van der Waals surface area contributed by atoms with Gasteiger partial charge in [0.15, 0.2) is 0 Å². The fraction of sp³-hybridized carbons (Fsp3) is 0.286. The van der Waals surface area contributed by atoms with Gasteiger partial charge >= 0.3 is 0 Å². The molecule has 4 heteroatoms. The van der Waals surface area contributed by atoms with Gasteiger partial charge in [0.1, 0.15) is 0 Å². The Balaban J connectivity index is 2.47.